The van der Waals surface area contributed by atoms with Crippen LogP contribution in [0.5, 0.6) is 0 Å². The van der Waals surface area contributed by atoms with Gasteiger partial charge in [0.05, 0.1) is 25.0 Å². The summed E-state index contributed by atoms with van der Waals surface area (Å²) in [6.45, 7) is 8.76. The summed E-state index contributed by atoms with van der Waals surface area (Å²) in [7, 11) is 0. The topological polar surface area (TPSA) is 52.6 Å². The Kier molecular flexibility index (Phi) is 22.3. The van der Waals surface area contributed by atoms with Crippen LogP contribution in [0.25, 0.3) is 0 Å². The van der Waals surface area contributed by atoms with Crippen molar-refractivity contribution < 1.29 is 19.1 Å². The molecule has 2 atom stereocenters. The number of rotatable bonds is 23. The van der Waals surface area contributed by atoms with Crippen LogP contribution in [0.3, 0.4) is 0 Å². The molecule has 0 aliphatic rings. The smallest absolute Gasteiger partial charge is 0.308 e. The summed E-state index contributed by atoms with van der Waals surface area (Å²) in [4.78, 5) is 24.0. The van der Waals surface area contributed by atoms with Gasteiger partial charge < -0.3 is 9.47 Å². The van der Waals surface area contributed by atoms with Crippen LogP contribution in [0.4, 0.5) is 0 Å². The van der Waals surface area contributed by atoms with E-state index in [2.05, 4.69) is 6.92 Å². The van der Waals surface area contributed by atoms with E-state index in [1.807, 2.05) is 13.8 Å². The molecule has 2 unspecified atom stereocenters. The molecule has 0 aromatic carbocycles. The van der Waals surface area contributed by atoms with E-state index in [1.54, 1.807) is 6.92 Å². The number of esters is 2. The average Bonchev–Trinajstić information content (AvgIpc) is 2.79. The molecule has 0 aliphatic heterocycles. The van der Waals surface area contributed by atoms with Gasteiger partial charge in [0.15, 0.2) is 0 Å². The minimum absolute atomic E-state index is 0.186. The predicted molar refractivity (Wildman–Crippen MR) is 135 cm³/mol. The molecule has 4 heteroatoms. The molecule has 0 aromatic rings. The van der Waals surface area contributed by atoms with Gasteiger partial charge in [0.2, 0.25) is 0 Å². The molecule has 0 bridgehead atoms. The Labute approximate surface area is 199 Å². The van der Waals surface area contributed by atoms with E-state index < -0.39 is 0 Å². The van der Waals surface area contributed by atoms with Crippen LogP contribution < -0.4 is 0 Å². The standard InChI is InChI=1S/C28H54O4/c1-5-8-9-10-11-12-13-14-15-16-17-18-19-20-21-22-23-32-27(29)25(4)24-26(6-2)28(30)31-7-3/h25-26H,5-24H2,1-4H3. The number of carbonyl (C=O) groups is 2. The van der Waals surface area contributed by atoms with Crippen molar-refractivity contribution in [3.63, 3.8) is 0 Å². The zero-order valence-corrected chi connectivity index (χ0v) is 21.9. The van der Waals surface area contributed by atoms with Gasteiger partial charge in [-0.1, -0.05) is 117 Å². The summed E-state index contributed by atoms with van der Waals surface area (Å²) in [5.74, 6) is -0.861. The molecule has 0 fully saturated rings. The molecular weight excluding hydrogens is 400 g/mol. The molecule has 0 amide bonds. The van der Waals surface area contributed by atoms with Gasteiger partial charge in [-0.15, -0.1) is 0 Å². The first-order valence-corrected chi connectivity index (χ1v) is 13.9. The molecule has 32 heavy (non-hydrogen) atoms. The van der Waals surface area contributed by atoms with Gasteiger partial charge >= 0.3 is 11.9 Å². The summed E-state index contributed by atoms with van der Waals surface area (Å²) in [5, 5.41) is 0. The van der Waals surface area contributed by atoms with Crippen LogP contribution in [0.2, 0.25) is 0 Å². The minimum atomic E-state index is -0.259. The lowest BCUT2D eigenvalue weighted by Gasteiger charge is -2.17. The van der Waals surface area contributed by atoms with E-state index in [-0.39, 0.29) is 23.8 Å². The highest BCUT2D eigenvalue weighted by molar-refractivity contribution is 5.75. The Morgan fingerprint density at radius 1 is 0.594 bits per heavy atom. The number of hydrogen-bond acceptors (Lipinski definition) is 4. The van der Waals surface area contributed by atoms with Crippen molar-refractivity contribution in [2.45, 2.75) is 143 Å². The SMILES string of the molecule is CCCCCCCCCCCCCCCCCCOC(=O)C(C)CC(CC)C(=O)OCC. The van der Waals surface area contributed by atoms with Crippen LogP contribution >= 0.6 is 0 Å². The first-order chi connectivity index (χ1) is 15.6. The predicted octanol–water partition coefficient (Wildman–Crippen LogP) is 8.41. The lowest BCUT2D eigenvalue weighted by molar-refractivity contribution is -0.152. The first-order valence-electron chi connectivity index (χ1n) is 13.9. The Hall–Kier alpha value is -1.06. The van der Waals surface area contributed by atoms with Crippen molar-refractivity contribution >= 4 is 11.9 Å². The van der Waals surface area contributed by atoms with E-state index in [0.29, 0.717) is 26.1 Å². The molecule has 0 spiro atoms. The van der Waals surface area contributed by atoms with Crippen LogP contribution in [-0.2, 0) is 19.1 Å². The first kappa shape index (κ1) is 30.9. The van der Waals surface area contributed by atoms with E-state index in [9.17, 15) is 9.59 Å². The fourth-order valence-corrected chi connectivity index (χ4v) is 4.18. The third-order valence-electron chi connectivity index (χ3n) is 6.40. The molecule has 0 aliphatic carbocycles. The molecule has 0 saturated carbocycles. The fourth-order valence-electron chi connectivity index (χ4n) is 4.18. The van der Waals surface area contributed by atoms with Gasteiger partial charge in [0.1, 0.15) is 0 Å². The molecule has 4 nitrogen and oxygen atoms in total. The maximum Gasteiger partial charge on any atom is 0.308 e. The Morgan fingerprint density at radius 2 is 1.03 bits per heavy atom. The molecule has 0 rings (SSSR count). The Balaban J connectivity index is 3.47. The van der Waals surface area contributed by atoms with Crippen molar-refractivity contribution in [3.05, 3.63) is 0 Å². The summed E-state index contributed by atoms with van der Waals surface area (Å²) in [6, 6.07) is 0. The zero-order valence-electron chi connectivity index (χ0n) is 21.9. The van der Waals surface area contributed by atoms with Crippen molar-refractivity contribution in [2.75, 3.05) is 13.2 Å². The van der Waals surface area contributed by atoms with Crippen LogP contribution in [-0.4, -0.2) is 25.2 Å². The van der Waals surface area contributed by atoms with E-state index in [0.717, 1.165) is 12.8 Å². The zero-order chi connectivity index (χ0) is 23.9. The van der Waals surface area contributed by atoms with Gasteiger partial charge in [-0.2, -0.15) is 0 Å². The van der Waals surface area contributed by atoms with Gasteiger partial charge in [-0.05, 0) is 26.2 Å². The minimum Gasteiger partial charge on any atom is -0.466 e. The van der Waals surface area contributed by atoms with Crippen molar-refractivity contribution in [3.8, 4) is 0 Å². The second-order valence-corrected chi connectivity index (χ2v) is 9.46. The van der Waals surface area contributed by atoms with Crippen molar-refractivity contribution in [1.82, 2.24) is 0 Å². The van der Waals surface area contributed by atoms with Crippen molar-refractivity contribution in [2.24, 2.45) is 11.8 Å². The van der Waals surface area contributed by atoms with E-state index >= 15 is 0 Å². The van der Waals surface area contributed by atoms with Crippen LogP contribution in [0, 0.1) is 11.8 Å². The highest BCUT2D eigenvalue weighted by Gasteiger charge is 2.24. The quantitative estimate of drug-likeness (QED) is 0.115. The summed E-state index contributed by atoms with van der Waals surface area (Å²) in [5.41, 5.74) is 0. The molecular formula is C28H54O4. The molecule has 0 heterocycles. The fraction of sp³-hybridized carbons (Fsp3) is 0.929. The van der Waals surface area contributed by atoms with Gasteiger partial charge in [0.25, 0.3) is 0 Å². The maximum absolute atomic E-state index is 12.2. The highest BCUT2D eigenvalue weighted by Crippen LogP contribution is 2.19. The second kappa shape index (κ2) is 23.1. The van der Waals surface area contributed by atoms with Gasteiger partial charge in [0, 0.05) is 0 Å². The molecule has 0 N–H and O–H groups in total. The second-order valence-electron chi connectivity index (χ2n) is 9.46. The van der Waals surface area contributed by atoms with Crippen LogP contribution in [0.15, 0.2) is 0 Å². The summed E-state index contributed by atoms with van der Waals surface area (Å²) in [6.07, 6.45) is 22.6. The number of hydrogen-bond donors (Lipinski definition) is 0. The van der Waals surface area contributed by atoms with Gasteiger partial charge in [-0.3, -0.25) is 9.59 Å². The maximum atomic E-state index is 12.2. The largest absolute Gasteiger partial charge is 0.466 e. The third-order valence-corrected chi connectivity index (χ3v) is 6.40. The molecule has 0 radical (unpaired) electrons. The normalized spacial score (nSPS) is 13.0. The number of carbonyl (C=O) groups excluding carboxylic acids is 2. The lowest BCUT2D eigenvalue weighted by Crippen LogP contribution is -2.24. The Bertz CT molecular complexity index is 435. The lowest BCUT2D eigenvalue weighted by atomic mass is 9.94. The van der Waals surface area contributed by atoms with Crippen molar-refractivity contribution in [1.29, 1.82) is 0 Å². The summed E-state index contributed by atoms with van der Waals surface area (Å²) < 4.78 is 10.5. The number of unbranched alkanes of at least 4 members (excludes halogenated alkanes) is 15. The van der Waals surface area contributed by atoms with Crippen LogP contribution in [0.1, 0.15) is 143 Å². The number of ether oxygens (including phenoxy) is 2. The molecule has 190 valence electrons. The summed E-state index contributed by atoms with van der Waals surface area (Å²) >= 11 is 0. The van der Waals surface area contributed by atoms with E-state index in [1.165, 1.54) is 89.9 Å². The monoisotopic (exact) mass is 454 g/mol. The highest BCUT2D eigenvalue weighted by atomic mass is 16.5. The third kappa shape index (κ3) is 18.5. The molecule has 0 aromatic heterocycles. The van der Waals surface area contributed by atoms with E-state index in [4.69, 9.17) is 9.47 Å². The molecule has 0 saturated heterocycles. The Morgan fingerprint density at radius 3 is 1.44 bits per heavy atom. The average molecular weight is 455 g/mol. The van der Waals surface area contributed by atoms with Gasteiger partial charge in [-0.25, -0.2) is 0 Å².